The van der Waals surface area contributed by atoms with Crippen LogP contribution < -0.4 is 0 Å². The van der Waals surface area contributed by atoms with Crippen LogP contribution in [-0.2, 0) is 9.47 Å². The Hall–Kier alpha value is -0.340. The summed E-state index contributed by atoms with van der Waals surface area (Å²) in [5, 5.41) is 0. The molecule has 2 fully saturated rings. The summed E-state index contributed by atoms with van der Waals surface area (Å²) in [5.74, 6) is 0. The summed E-state index contributed by atoms with van der Waals surface area (Å²) in [6, 6.07) is 0. The lowest BCUT2D eigenvalue weighted by molar-refractivity contribution is 0.320. The smallest absolute Gasteiger partial charge is 0.0877 e. The molecule has 0 aromatic rings. The minimum atomic E-state index is 0.481. The van der Waals surface area contributed by atoms with E-state index in [0.717, 1.165) is 19.3 Å². The fraction of sp³-hybridized carbons (Fsp3) is 0.905. The molecule has 4 atom stereocenters. The average molecular weight is 323 g/mol. The number of epoxide rings is 2. The van der Waals surface area contributed by atoms with Crippen molar-refractivity contribution in [1.29, 1.82) is 0 Å². The van der Waals surface area contributed by atoms with Crippen LogP contribution in [0.4, 0.5) is 0 Å². The van der Waals surface area contributed by atoms with Crippen molar-refractivity contribution in [3.05, 3.63) is 12.2 Å². The third kappa shape index (κ3) is 8.35. The van der Waals surface area contributed by atoms with Crippen LogP contribution in [0.1, 0.15) is 97.3 Å². The van der Waals surface area contributed by atoms with Gasteiger partial charge in [-0.3, -0.25) is 0 Å². The van der Waals surface area contributed by atoms with Crippen molar-refractivity contribution in [2.24, 2.45) is 0 Å². The number of hydrogen-bond donors (Lipinski definition) is 0. The van der Waals surface area contributed by atoms with Crippen molar-refractivity contribution in [2.75, 3.05) is 0 Å². The minimum Gasteiger partial charge on any atom is -0.369 e. The van der Waals surface area contributed by atoms with E-state index in [2.05, 4.69) is 26.0 Å². The van der Waals surface area contributed by atoms with Gasteiger partial charge in [0.2, 0.25) is 0 Å². The third-order valence-corrected chi connectivity index (χ3v) is 5.20. The quantitative estimate of drug-likeness (QED) is 0.204. The Morgan fingerprint density at radius 1 is 0.652 bits per heavy atom. The van der Waals surface area contributed by atoms with Crippen LogP contribution in [0.3, 0.4) is 0 Å². The lowest BCUT2D eigenvalue weighted by Gasteiger charge is -2.01. The molecule has 0 spiro atoms. The second-order valence-electron chi connectivity index (χ2n) is 7.39. The van der Waals surface area contributed by atoms with Crippen LogP contribution >= 0.6 is 0 Å². The van der Waals surface area contributed by atoms with Crippen LogP contribution in [0, 0.1) is 0 Å². The largest absolute Gasteiger partial charge is 0.369 e. The van der Waals surface area contributed by atoms with E-state index in [0.29, 0.717) is 24.4 Å². The van der Waals surface area contributed by atoms with Crippen LogP contribution in [0.2, 0.25) is 0 Å². The summed E-state index contributed by atoms with van der Waals surface area (Å²) in [5.41, 5.74) is 0. The summed E-state index contributed by atoms with van der Waals surface area (Å²) in [6.45, 7) is 4.46. The molecule has 2 heteroatoms. The van der Waals surface area contributed by atoms with Gasteiger partial charge in [-0.05, 0) is 19.3 Å². The first kappa shape index (κ1) is 19.0. The van der Waals surface area contributed by atoms with Crippen molar-refractivity contribution < 1.29 is 9.47 Å². The first-order chi connectivity index (χ1) is 11.3. The number of ether oxygens (including phenoxy) is 2. The van der Waals surface area contributed by atoms with Crippen molar-refractivity contribution >= 4 is 0 Å². The highest BCUT2D eigenvalue weighted by molar-refractivity contribution is 4.98. The Balaban J connectivity index is 1.34. The second kappa shape index (κ2) is 11.3. The van der Waals surface area contributed by atoms with E-state index in [1.54, 1.807) is 0 Å². The average Bonchev–Trinajstić information content (AvgIpc) is 3.46. The van der Waals surface area contributed by atoms with Crippen LogP contribution in [0.15, 0.2) is 12.2 Å². The van der Waals surface area contributed by atoms with Gasteiger partial charge in [-0.15, -0.1) is 0 Å². The Bertz CT molecular complexity index is 326. The van der Waals surface area contributed by atoms with E-state index in [1.807, 2.05) is 0 Å². The molecule has 2 saturated heterocycles. The SMILES string of the molecule is CC/C=C\C[C@@H]1O[C@@H]1C[C@H]1O[C@H]1CCCCCCCCCCC. The molecule has 0 aromatic carbocycles. The first-order valence-electron chi connectivity index (χ1n) is 10.3. The zero-order valence-corrected chi connectivity index (χ0v) is 15.5. The zero-order valence-electron chi connectivity index (χ0n) is 15.5. The standard InChI is InChI=1S/C21H38O2/c1-3-5-7-8-9-10-11-12-14-16-19-21(23-19)17-20-18(22-20)15-13-6-4-2/h6,13,18-21H,3-5,7-12,14-17H2,1-2H3/b13-6-/t18-,19-,20+,21+/m0/s1. The molecular weight excluding hydrogens is 284 g/mol. The molecule has 0 aliphatic carbocycles. The molecule has 2 heterocycles. The topological polar surface area (TPSA) is 25.1 Å². The molecule has 134 valence electrons. The van der Waals surface area contributed by atoms with E-state index in [-0.39, 0.29) is 0 Å². The number of rotatable bonds is 15. The molecule has 0 radical (unpaired) electrons. The van der Waals surface area contributed by atoms with Crippen LogP contribution in [0.5, 0.6) is 0 Å². The molecule has 0 unspecified atom stereocenters. The van der Waals surface area contributed by atoms with Crippen LogP contribution in [0.25, 0.3) is 0 Å². The summed E-state index contributed by atoms with van der Waals surface area (Å²) >= 11 is 0. The second-order valence-corrected chi connectivity index (χ2v) is 7.39. The Morgan fingerprint density at radius 2 is 1.26 bits per heavy atom. The fourth-order valence-electron chi connectivity index (χ4n) is 3.52. The van der Waals surface area contributed by atoms with E-state index in [4.69, 9.17) is 9.47 Å². The van der Waals surface area contributed by atoms with Crippen LogP contribution in [-0.4, -0.2) is 24.4 Å². The highest BCUT2D eigenvalue weighted by Gasteiger charge is 2.47. The maximum Gasteiger partial charge on any atom is 0.0877 e. The highest BCUT2D eigenvalue weighted by atomic mass is 16.6. The predicted octanol–water partition coefficient (Wildman–Crippen LogP) is 6.19. The molecule has 2 rings (SSSR count). The zero-order chi connectivity index (χ0) is 16.3. The molecule has 2 nitrogen and oxygen atoms in total. The van der Waals surface area contributed by atoms with Gasteiger partial charge in [0.25, 0.3) is 0 Å². The Kier molecular flexibility index (Phi) is 9.29. The number of allylic oxidation sites excluding steroid dienone is 1. The van der Waals surface area contributed by atoms with Crippen molar-refractivity contribution in [3.63, 3.8) is 0 Å². The lowest BCUT2D eigenvalue weighted by atomic mass is 10.0. The van der Waals surface area contributed by atoms with Crippen molar-refractivity contribution in [2.45, 2.75) is 122 Å². The predicted molar refractivity (Wildman–Crippen MR) is 97.8 cm³/mol. The molecule has 0 bridgehead atoms. The molecule has 0 amide bonds. The fourth-order valence-corrected chi connectivity index (χ4v) is 3.52. The van der Waals surface area contributed by atoms with Crippen molar-refractivity contribution in [3.8, 4) is 0 Å². The van der Waals surface area contributed by atoms with Gasteiger partial charge in [0.05, 0.1) is 24.4 Å². The number of unbranched alkanes of at least 4 members (excludes halogenated alkanes) is 8. The van der Waals surface area contributed by atoms with E-state index >= 15 is 0 Å². The third-order valence-electron chi connectivity index (χ3n) is 5.20. The monoisotopic (exact) mass is 322 g/mol. The summed E-state index contributed by atoms with van der Waals surface area (Å²) in [4.78, 5) is 0. The van der Waals surface area contributed by atoms with E-state index in [1.165, 1.54) is 64.2 Å². The molecule has 0 N–H and O–H groups in total. The molecular formula is C21H38O2. The van der Waals surface area contributed by atoms with Crippen molar-refractivity contribution in [1.82, 2.24) is 0 Å². The Morgan fingerprint density at radius 3 is 1.96 bits per heavy atom. The Labute approximate surface area is 144 Å². The van der Waals surface area contributed by atoms with Gasteiger partial charge in [-0.1, -0.05) is 83.8 Å². The minimum absolute atomic E-state index is 0.481. The normalized spacial score (nSPS) is 29.3. The maximum absolute atomic E-state index is 5.82. The summed E-state index contributed by atoms with van der Waals surface area (Å²) < 4.78 is 11.5. The molecule has 0 saturated carbocycles. The molecule has 23 heavy (non-hydrogen) atoms. The number of hydrogen-bond acceptors (Lipinski definition) is 2. The molecule has 2 aliphatic heterocycles. The van der Waals surface area contributed by atoms with Gasteiger partial charge < -0.3 is 9.47 Å². The maximum atomic E-state index is 5.82. The molecule has 2 aliphatic rings. The molecule has 0 aromatic heterocycles. The van der Waals surface area contributed by atoms with Gasteiger partial charge in [0, 0.05) is 6.42 Å². The summed E-state index contributed by atoms with van der Waals surface area (Å²) in [7, 11) is 0. The van der Waals surface area contributed by atoms with Gasteiger partial charge in [0.15, 0.2) is 0 Å². The lowest BCUT2D eigenvalue weighted by Crippen LogP contribution is -2.01. The van der Waals surface area contributed by atoms with E-state index < -0.39 is 0 Å². The summed E-state index contributed by atoms with van der Waals surface area (Å²) in [6.07, 6.45) is 23.8. The van der Waals surface area contributed by atoms with Gasteiger partial charge in [-0.25, -0.2) is 0 Å². The van der Waals surface area contributed by atoms with Gasteiger partial charge >= 0.3 is 0 Å². The van der Waals surface area contributed by atoms with Gasteiger partial charge in [-0.2, -0.15) is 0 Å². The highest BCUT2D eigenvalue weighted by Crippen LogP contribution is 2.38. The van der Waals surface area contributed by atoms with Gasteiger partial charge in [0.1, 0.15) is 0 Å². The first-order valence-corrected chi connectivity index (χ1v) is 10.3. The van der Waals surface area contributed by atoms with E-state index in [9.17, 15) is 0 Å².